The van der Waals surface area contributed by atoms with Crippen molar-refractivity contribution in [2.24, 2.45) is 0 Å². The number of rotatable bonds is 8. The van der Waals surface area contributed by atoms with Gasteiger partial charge in [-0.05, 0) is 48.9 Å². The summed E-state index contributed by atoms with van der Waals surface area (Å²) in [6.45, 7) is 6.24. The van der Waals surface area contributed by atoms with Crippen LogP contribution >= 0.6 is 0 Å². The minimum Gasteiger partial charge on any atom is -0.457 e. The Morgan fingerprint density at radius 3 is 2.58 bits per heavy atom. The third kappa shape index (κ3) is 5.71. The predicted molar refractivity (Wildman–Crippen MR) is 125 cm³/mol. The molecule has 5 nitrogen and oxygen atoms in total. The van der Waals surface area contributed by atoms with Gasteiger partial charge in [0.05, 0.1) is 11.9 Å². The molecule has 0 aliphatic rings. The van der Waals surface area contributed by atoms with Crippen LogP contribution in [0.4, 0.5) is 20.3 Å². The Kier molecular flexibility index (Phi) is 6.59. The molecule has 4 aromatic rings. The summed E-state index contributed by atoms with van der Waals surface area (Å²) < 4.78 is 33.0. The zero-order valence-electron chi connectivity index (χ0n) is 18.0. The number of benzene rings is 2. The van der Waals surface area contributed by atoms with E-state index in [-0.39, 0.29) is 6.54 Å². The summed E-state index contributed by atoms with van der Waals surface area (Å²) in [5.41, 5.74) is 3.65. The van der Waals surface area contributed by atoms with E-state index in [1.807, 2.05) is 37.3 Å². The first-order valence-electron chi connectivity index (χ1n) is 10.3. The Balaban J connectivity index is 1.47. The standard InChI is InChI=1S/C26H22F2N4O/c1-17-24(18(2)31-15-19-11-20(27)13-21(28)12-19)6-3-7-25(17)33-23-8-10-30-26(14-23)32-22-5-4-9-29-16-22/h3-14,16,31H,2,15H2,1H3,(H,30,32). The van der Waals surface area contributed by atoms with Gasteiger partial charge in [0.1, 0.15) is 29.0 Å². The summed E-state index contributed by atoms with van der Waals surface area (Å²) in [5.74, 6) is 0.677. The lowest BCUT2D eigenvalue weighted by atomic mass is 10.0. The summed E-state index contributed by atoms with van der Waals surface area (Å²) in [4.78, 5) is 8.39. The van der Waals surface area contributed by atoms with Crippen LogP contribution in [-0.2, 0) is 6.54 Å². The first-order valence-corrected chi connectivity index (χ1v) is 10.3. The molecule has 2 aromatic heterocycles. The average molecular weight is 444 g/mol. The van der Waals surface area contributed by atoms with Gasteiger partial charge in [-0.2, -0.15) is 0 Å². The molecule has 2 aromatic carbocycles. The first kappa shape index (κ1) is 22.0. The van der Waals surface area contributed by atoms with Crippen molar-refractivity contribution >= 4 is 17.2 Å². The lowest BCUT2D eigenvalue weighted by Crippen LogP contribution is -2.12. The van der Waals surface area contributed by atoms with Gasteiger partial charge in [0.15, 0.2) is 0 Å². The van der Waals surface area contributed by atoms with Crippen LogP contribution < -0.4 is 15.4 Å². The smallest absolute Gasteiger partial charge is 0.134 e. The number of nitrogens with one attached hydrogen (secondary N) is 2. The fourth-order valence-electron chi connectivity index (χ4n) is 3.32. The van der Waals surface area contributed by atoms with Crippen molar-refractivity contribution in [3.8, 4) is 11.5 Å². The van der Waals surface area contributed by atoms with Crippen LogP contribution in [0.2, 0.25) is 0 Å². The third-order valence-corrected chi connectivity index (χ3v) is 4.93. The van der Waals surface area contributed by atoms with Crippen molar-refractivity contribution in [1.29, 1.82) is 0 Å². The number of hydrogen-bond acceptors (Lipinski definition) is 5. The van der Waals surface area contributed by atoms with Crippen LogP contribution in [0.3, 0.4) is 0 Å². The van der Waals surface area contributed by atoms with Gasteiger partial charge in [-0.1, -0.05) is 18.7 Å². The molecule has 0 unspecified atom stereocenters. The molecular weight excluding hydrogens is 422 g/mol. The van der Waals surface area contributed by atoms with E-state index in [0.717, 1.165) is 22.9 Å². The van der Waals surface area contributed by atoms with E-state index in [1.165, 1.54) is 12.1 Å². The second-order valence-corrected chi connectivity index (χ2v) is 7.38. The maximum Gasteiger partial charge on any atom is 0.134 e. The number of anilines is 2. The van der Waals surface area contributed by atoms with Crippen molar-refractivity contribution in [2.45, 2.75) is 13.5 Å². The molecule has 0 atom stereocenters. The molecule has 0 bridgehead atoms. The second-order valence-electron chi connectivity index (χ2n) is 7.38. The van der Waals surface area contributed by atoms with E-state index in [9.17, 15) is 8.78 Å². The van der Waals surface area contributed by atoms with E-state index >= 15 is 0 Å². The molecule has 0 aliphatic heterocycles. The van der Waals surface area contributed by atoms with Gasteiger partial charge in [0.2, 0.25) is 0 Å². The summed E-state index contributed by atoms with van der Waals surface area (Å²) in [5, 5.41) is 6.31. The maximum absolute atomic E-state index is 13.4. The SMILES string of the molecule is C=C(NCc1cc(F)cc(F)c1)c1cccc(Oc2ccnc(Nc3cccnc3)c2)c1C. The molecule has 0 fully saturated rings. The highest BCUT2D eigenvalue weighted by atomic mass is 19.1. The molecule has 4 rings (SSSR count). The Hall–Kier alpha value is -4.26. The normalized spacial score (nSPS) is 10.5. The zero-order chi connectivity index (χ0) is 23.2. The van der Waals surface area contributed by atoms with Crippen molar-refractivity contribution in [3.63, 3.8) is 0 Å². The average Bonchev–Trinajstić information content (AvgIpc) is 2.79. The highest BCUT2D eigenvalue weighted by Gasteiger charge is 2.10. The lowest BCUT2D eigenvalue weighted by molar-refractivity contribution is 0.478. The molecule has 2 heterocycles. The molecule has 0 saturated heterocycles. The molecule has 0 saturated carbocycles. The molecule has 166 valence electrons. The Morgan fingerprint density at radius 2 is 1.82 bits per heavy atom. The molecule has 2 N–H and O–H groups in total. The summed E-state index contributed by atoms with van der Waals surface area (Å²) >= 11 is 0. The number of pyridine rings is 2. The quantitative estimate of drug-likeness (QED) is 0.331. The number of halogens is 2. The largest absolute Gasteiger partial charge is 0.457 e. The van der Waals surface area contributed by atoms with Gasteiger partial charge < -0.3 is 15.4 Å². The van der Waals surface area contributed by atoms with Crippen LogP contribution in [0, 0.1) is 18.6 Å². The van der Waals surface area contributed by atoms with Gasteiger partial charge in [-0.3, -0.25) is 4.98 Å². The van der Waals surface area contributed by atoms with Crippen LogP contribution in [0.5, 0.6) is 11.5 Å². The molecule has 7 heteroatoms. The van der Waals surface area contributed by atoms with Crippen LogP contribution in [0.25, 0.3) is 5.70 Å². The maximum atomic E-state index is 13.4. The summed E-state index contributed by atoms with van der Waals surface area (Å²) in [7, 11) is 0. The zero-order valence-corrected chi connectivity index (χ0v) is 18.0. The van der Waals surface area contributed by atoms with Crippen LogP contribution in [0.1, 0.15) is 16.7 Å². The lowest BCUT2D eigenvalue weighted by Gasteiger charge is -2.16. The number of aromatic nitrogens is 2. The third-order valence-electron chi connectivity index (χ3n) is 4.93. The Bertz CT molecular complexity index is 1260. The Labute approximate surface area is 190 Å². The number of ether oxygens (including phenoxy) is 1. The number of hydrogen-bond donors (Lipinski definition) is 2. The van der Waals surface area contributed by atoms with Gasteiger partial charge in [-0.15, -0.1) is 0 Å². The minimum absolute atomic E-state index is 0.242. The molecule has 0 amide bonds. The van der Waals surface area contributed by atoms with Gasteiger partial charge in [0, 0.05) is 47.9 Å². The van der Waals surface area contributed by atoms with E-state index in [4.69, 9.17) is 4.74 Å². The minimum atomic E-state index is -0.612. The number of nitrogens with zero attached hydrogens (tertiary/aromatic N) is 2. The van der Waals surface area contributed by atoms with Crippen molar-refractivity contribution in [3.05, 3.63) is 114 Å². The van der Waals surface area contributed by atoms with E-state index in [0.29, 0.717) is 28.6 Å². The summed E-state index contributed by atoms with van der Waals surface area (Å²) in [6.07, 6.45) is 5.07. The van der Waals surface area contributed by atoms with Crippen LogP contribution in [-0.4, -0.2) is 9.97 Å². The predicted octanol–water partition coefficient (Wildman–Crippen LogP) is 6.36. The van der Waals surface area contributed by atoms with E-state index in [2.05, 4.69) is 27.2 Å². The van der Waals surface area contributed by atoms with Crippen molar-refractivity contribution in [2.75, 3.05) is 5.32 Å². The van der Waals surface area contributed by atoms with Gasteiger partial charge in [0.25, 0.3) is 0 Å². The van der Waals surface area contributed by atoms with Gasteiger partial charge in [-0.25, -0.2) is 13.8 Å². The molecular formula is C26H22F2N4O. The molecule has 0 radical (unpaired) electrons. The Morgan fingerprint density at radius 1 is 1.00 bits per heavy atom. The van der Waals surface area contributed by atoms with Crippen molar-refractivity contribution in [1.82, 2.24) is 15.3 Å². The summed E-state index contributed by atoms with van der Waals surface area (Å²) in [6, 6.07) is 16.4. The van der Waals surface area contributed by atoms with Gasteiger partial charge >= 0.3 is 0 Å². The molecule has 0 aliphatic carbocycles. The van der Waals surface area contributed by atoms with Crippen LogP contribution in [0.15, 0.2) is 85.8 Å². The highest BCUT2D eigenvalue weighted by Crippen LogP contribution is 2.30. The molecule has 33 heavy (non-hydrogen) atoms. The monoisotopic (exact) mass is 444 g/mol. The topological polar surface area (TPSA) is 59.1 Å². The first-order chi connectivity index (χ1) is 16.0. The fraction of sp³-hybridized carbons (Fsp3) is 0.0769. The molecule has 0 spiro atoms. The second kappa shape index (κ2) is 9.91. The van der Waals surface area contributed by atoms with E-state index < -0.39 is 11.6 Å². The van der Waals surface area contributed by atoms with E-state index in [1.54, 1.807) is 30.7 Å². The fourth-order valence-corrected chi connectivity index (χ4v) is 3.32. The van der Waals surface area contributed by atoms with Crippen molar-refractivity contribution < 1.29 is 13.5 Å². The highest BCUT2D eigenvalue weighted by molar-refractivity contribution is 5.67.